The SMILES string of the molecule is COc1cc(C=CC(=O)N(C)Cc2ccc(C(=O)NC3CC3)cc2)cc(OC)c1OC. The van der Waals surface area contributed by atoms with Gasteiger partial charge in [-0.05, 0) is 54.3 Å². The number of methoxy groups -OCH3 is 3. The molecule has 2 aromatic carbocycles. The number of carbonyl (C=O) groups is 2. The Kier molecular flexibility index (Phi) is 7.18. The smallest absolute Gasteiger partial charge is 0.251 e. The summed E-state index contributed by atoms with van der Waals surface area (Å²) in [6.45, 7) is 0.433. The molecule has 1 aliphatic rings. The number of carbonyl (C=O) groups excluding carboxylic acids is 2. The van der Waals surface area contributed by atoms with Crippen molar-refractivity contribution in [2.24, 2.45) is 0 Å². The zero-order chi connectivity index (χ0) is 22.4. The zero-order valence-corrected chi connectivity index (χ0v) is 18.3. The maximum Gasteiger partial charge on any atom is 0.251 e. The molecule has 0 aromatic heterocycles. The number of hydrogen-bond donors (Lipinski definition) is 1. The van der Waals surface area contributed by atoms with Crippen molar-refractivity contribution in [1.82, 2.24) is 10.2 Å². The summed E-state index contributed by atoms with van der Waals surface area (Å²) in [4.78, 5) is 26.2. The van der Waals surface area contributed by atoms with E-state index in [4.69, 9.17) is 14.2 Å². The lowest BCUT2D eigenvalue weighted by Crippen LogP contribution is -2.26. The van der Waals surface area contributed by atoms with Crippen LogP contribution in [0.15, 0.2) is 42.5 Å². The van der Waals surface area contributed by atoms with E-state index in [9.17, 15) is 9.59 Å². The first kappa shape index (κ1) is 22.2. The molecule has 0 saturated heterocycles. The van der Waals surface area contributed by atoms with Crippen molar-refractivity contribution in [3.05, 3.63) is 59.2 Å². The van der Waals surface area contributed by atoms with Crippen molar-refractivity contribution >= 4 is 17.9 Å². The third kappa shape index (κ3) is 5.78. The van der Waals surface area contributed by atoms with Crippen LogP contribution in [0, 0.1) is 0 Å². The summed E-state index contributed by atoms with van der Waals surface area (Å²) in [5.41, 5.74) is 2.33. The van der Waals surface area contributed by atoms with E-state index in [0.717, 1.165) is 24.0 Å². The Morgan fingerprint density at radius 2 is 1.65 bits per heavy atom. The second-order valence-electron chi connectivity index (χ2n) is 7.43. The molecule has 1 fully saturated rings. The predicted octanol–water partition coefficient (Wildman–Crippen LogP) is 3.28. The van der Waals surface area contributed by atoms with Gasteiger partial charge in [-0.1, -0.05) is 12.1 Å². The van der Waals surface area contributed by atoms with Gasteiger partial charge < -0.3 is 24.4 Å². The molecule has 1 saturated carbocycles. The summed E-state index contributed by atoms with van der Waals surface area (Å²) in [6, 6.07) is 11.2. The van der Waals surface area contributed by atoms with Crippen LogP contribution in [0.25, 0.3) is 6.08 Å². The quantitative estimate of drug-likeness (QED) is 0.625. The van der Waals surface area contributed by atoms with Crippen molar-refractivity contribution in [2.75, 3.05) is 28.4 Å². The number of ether oxygens (including phenoxy) is 3. The highest BCUT2D eigenvalue weighted by molar-refractivity contribution is 5.94. The number of amides is 2. The minimum atomic E-state index is -0.149. The van der Waals surface area contributed by atoms with Crippen LogP contribution < -0.4 is 19.5 Å². The molecule has 0 atom stereocenters. The highest BCUT2D eigenvalue weighted by Gasteiger charge is 2.23. The minimum absolute atomic E-state index is 0.0493. The molecule has 0 aliphatic heterocycles. The van der Waals surface area contributed by atoms with Crippen LogP contribution in [0.4, 0.5) is 0 Å². The van der Waals surface area contributed by atoms with Gasteiger partial charge in [0, 0.05) is 31.3 Å². The largest absolute Gasteiger partial charge is 0.493 e. The number of hydrogen-bond acceptors (Lipinski definition) is 5. The molecule has 31 heavy (non-hydrogen) atoms. The standard InChI is InChI=1S/C24H28N2O5/c1-26(15-16-5-8-18(9-6-16)24(28)25-19-10-11-19)22(27)12-7-17-13-20(29-2)23(31-4)21(14-17)30-3/h5-9,12-14,19H,10-11,15H2,1-4H3,(H,25,28). The summed E-state index contributed by atoms with van der Waals surface area (Å²) < 4.78 is 16.0. The zero-order valence-electron chi connectivity index (χ0n) is 18.3. The fourth-order valence-electron chi connectivity index (χ4n) is 3.10. The van der Waals surface area contributed by atoms with Gasteiger partial charge in [0.05, 0.1) is 21.3 Å². The van der Waals surface area contributed by atoms with Crippen molar-refractivity contribution in [3.63, 3.8) is 0 Å². The Morgan fingerprint density at radius 3 is 2.16 bits per heavy atom. The van der Waals surface area contributed by atoms with E-state index in [1.807, 2.05) is 12.1 Å². The molecule has 0 bridgehead atoms. The van der Waals surface area contributed by atoms with Crippen LogP contribution in [0.3, 0.4) is 0 Å². The lowest BCUT2D eigenvalue weighted by Gasteiger charge is -2.16. The van der Waals surface area contributed by atoms with Crippen LogP contribution in [-0.2, 0) is 11.3 Å². The summed E-state index contributed by atoms with van der Waals surface area (Å²) >= 11 is 0. The van der Waals surface area contributed by atoms with Crippen LogP contribution in [0.1, 0.15) is 34.3 Å². The third-order valence-electron chi connectivity index (χ3n) is 5.03. The number of nitrogens with one attached hydrogen (secondary N) is 1. The molecule has 3 rings (SSSR count). The van der Waals surface area contributed by atoms with E-state index >= 15 is 0 Å². The first-order valence-electron chi connectivity index (χ1n) is 10.1. The Labute approximate surface area is 182 Å². The normalized spacial score (nSPS) is 13.0. The van der Waals surface area contributed by atoms with Crippen LogP contribution >= 0.6 is 0 Å². The fraction of sp³-hybridized carbons (Fsp3) is 0.333. The Morgan fingerprint density at radius 1 is 1.03 bits per heavy atom. The number of likely N-dealkylation sites (N-methyl/N-ethyl adjacent to an activating group) is 1. The molecule has 164 valence electrons. The lowest BCUT2D eigenvalue weighted by atomic mass is 10.1. The van der Waals surface area contributed by atoms with Gasteiger partial charge in [-0.15, -0.1) is 0 Å². The first-order valence-corrected chi connectivity index (χ1v) is 10.1. The number of nitrogens with zero attached hydrogens (tertiary/aromatic N) is 1. The summed E-state index contributed by atoms with van der Waals surface area (Å²) in [5.74, 6) is 1.34. The highest BCUT2D eigenvalue weighted by Crippen LogP contribution is 2.38. The van der Waals surface area contributed by atoms with Gasteiger partial charge in [-0.25, -0.2) is 0 Å². The van der Waals surface area contributed by atoms with Gasteiger partial charge in [0.2, 0.25) is 11.7 Å². The highest BCUT2D eigenvalue weighted by atomic mass is 16.5. The van der Waals surface area contributed by atoms with Crippen molar-refractivity contribution in [3.8, 4) is 17.2 Å². The fourth-order valence-corrected chi connectivity index (χ4v) is 3.10. The third-order valence-corrected chi connectivity index (χ3v) is 5.03. The lowest BCUT2D eigenvalue weighted by molar-refractivity contribution is -0.125. The average Bonchev–Trinajstić information content (AvgIpc) is 3.60. The molecule has 7 heteroatoms. The molecular weight excluding hydrogens is 396 g/mol. The maximum atomic E-state index is 12.5. The molecule has 0 radical (unpaired) electrons. The molecule has 0 unspecified atom stereocenters. The van der Waals surface area contributed by atoms with Crippen LogP contribution in [-0.4, -0.2) is 51.1 Å². The average molecular weight is 424 g/mol. The first-order chi connectivity index (χ1) is 14.9. The summed E-state index contributed by atoms with van der Waals surface area (Å²) in [7, 11) is 6.37. The van der Waals surface area contributed by atoms with E-state index in [1.54, 1.807) is 63.6 Å². The summed E-state index contributed by atoms with van der Waals surface area (Å²) in [6.07, 6.45) is 5.31. The van der Waals surface area contributed by atoms with Gasteiger partial charge in [0.15, 0.2) is 11.5 Å². The molecule has 0 spiro atoms. The second-order valence-corrected chi connectivity index (χ2v) is 7.43. The maximum absolute atomic E-state index is 12.5. The van der Waals surface area contributed by atoms with E-state index in [1.165, 1.54) is 6.08 Å². The van der Waals surface area contributed by atoms with Crippen molar-refractivity contribution < 1.29 is 23.8 Å². The van der Waals surface area contributed by atoms with Crippen molar-refractivity contribution in [1.29, 1.82) is 0 Å². The molecule has 2 aromatic rings. The van der Waals surface area contributed by atoms with Crippen LogP contribution in [0.2, 0.25) is 0 Å². The van der Waals surface area contributed by atoms with E-state index in [-0.39, 0.29) is 11.8 Å². The van der Waals surface area contributed by atoms with Crippen molar-refractivity contribution in [2.45, 2.75) is 25.4 Å². The Balaban J connectivity index is 1.62. The van der Waals surface area contributed by atoms with E-state index < -0.39 is 0 Å². The van der Waals surface area contributed by atoms with E-state index in [0.29, 0.717) is 35.4 Å². The molecule has 2 amide bonds. The number of benzene rings is 2. The van der Waals surface area contributed by atoms with Gasteiger partial charge in [-0.2, -0.15) is 0 Å². The van der Waals surface area contributed by atoms with Gasteiger partial charge in [0.25, 0.3) is 5.91 Å². The van der Waals surface area contributed by atoms with Gasteiger partial charge in [0.1, 0.15) is 0 Å². The van der Waals surface area contributed by atoms with Gasteiger partial charge in [-0.3, -0.25) is 9.59 Å². The summed E-state index contributed by atoms with van der Waals surface area (Å²) in [5, 5.41) is 2.97. The number of rotatable bonds is 9. The topological polar surface area (TPSA) is 77.1 Å². The van der Waals surface area contributed by atoms with Gasteiger partial charge >= 0.3 is 0 Å². The Bertz CT molecular complexity index is 939. The predicted molar refractivity (Wildman–Crippen MR) is 119 cm³/mol. The molecule has 7 nitrogen and oxygen atoms in total. The Hall–Kier alpha value is -3.48. The van der Waals surface area contributed by atoms with Crippen LogP contribution in [0.5, 0.6) is 17.2 Å². The monoisotopic (exact) mass is 424 g/mol. The molecule has 1 N–H and O–H groups in total. The minimum Gasteiger partial charge on any atom is -0.493 e. The molecule has 1 aliphatic carbocycles. The van der Waals surface area contributed by atoms with E-state index in [2.05, 4.69) is 5.32 Å². The molecular formula is C24H28N2O5. The second kappa shape index (κ2) is 10.0. The molecule has 0 heterocycles.